The van der Waals surface area contributed by atoms with Crippen LogP contribution >= 0.6 is 11.6 Å². The van der Waals surface area contributed by atoms with E-state index in [1.807, 2.05) is 0 Å². The Bertz CT molecular complexity index is 912. The van der Waals surface area contributed by atoms with Crippen LogP contribution in [0, 0.1) is 17.8 Å². The molecule has 0 N–H and O–H groups in total. The molecule has 30 heavy (non-hydrogen) atoms. The van der Waals surface area contributed by atoms with E-state index in [4.69, 9.17) is 16.3 Å². The quantitative estimate of drug-likeness (QED) is 0.588. The molecule has 1 aliphatic rings. The predicted molar refractivity (Wildman–Crippen MR) is 120 cm³/mol. The molecule has 2 atom stereocenters. The van der Waals surface area contributed by atoms with Gasteiger partial charge in [0.1, 0.15) is 5.75 Å². The second-order valence-corrected chi connectivity index (χ2v) is 10.8. The lowest BCUT2D eigenvalue weighted by Gasteiger charge is -2.34. The Balaban J connectivity index is 1.42. The molecule has 1 aromatic carbocycles. The third-order valence-corrected chi connectivity index (χ3v) is 7.27. The maximum absolute atomic E-state index is 11.5. The van der Waals surface area contributed by atoms with Crippen molar-refractivity contribution in [1.29, 1.82) is 0 Å². The highest BCUT2D eigenvalue weighted by Gasteiger charge is 2.24. The van der Waals surface area contributed by atoms with Gasteiger partial charge in [0, 0.05) is 19.3 Å². The van der Waals surface area contributed by atoms with Crippen LogP contribution in [0.1, 0.15) is 33.1 Å². The summed E-state index contributed by atoms with van der Waals surface area (Å²) in [5.74, 6) is 3.12. The van der Waals surface area contributed by atoms with Crippen molar-refractivity contribution in [2.24, 2.45) is 17.8 Å². The van der Waals surface area contributed by atoms with E-state index in [9.17, 15) is 8.42 Å². The van der Waals surface area contributed by atoms with E-state index in [1.54, 1.807) is 36.7 Å². The lowest BCUT2D eigenvalue weighted by molar-refractivity contribution is 0.188. The minimum Gasteiger partial charge on any atom is -0.493 e. The van der Waals surface area contributed by atoms with Crippen LogP contribution in [0.25, 0.3) is 0 Å². The van der Waals surface area contributed by atoms with Crippen molar-refractivity contribution in [2.75, 3.05) is 30.9 Å². The Morgan fingerprint density at radius 2 is 1.70 bits per heavy atom. The van der Waals surface area contributed by atoms with Gasteiger partial charge < -0.3 is 9.64 Å². The molecule has 2 heterocycles. The van der Waals surface area contributed by atoms with Crippen LogP contribution in [0.15, 0.2) is 41.6 Å². The van der Waals surface area contributed by atoms with Gasteiger partial charge in [-0.15, -0.1) is 0 Å². The number of hydrogen-bond acceptors (Lipinski definition) is 6. The number of benzene rings is 1. The average Bonchev–Trinajstić information content (AvgIpc) is 2.73. The van der Waals surface area contributed by atoms with Gasteiger partial charge in [-0.05, 0) is 61.3 Å². The summed E-state index contributed by atoms with van der Waals surface area (Å²) in [5.41, 5.74) is 0. The van der Waals surface area contributed by atoms with E-state index in [-0.39, 0.29) is 0 Å². The van der Waals surface area contributed by atoms with Gasteiger partial charge in [0.2, 0.25) is 5.95 Å². The van der Waals surface area contributed by atoms with Crippen LogP contribution in [0.5, 0.6) is 5.75 Å². The third-order valence-electron chi connectivity index (χ3n) is 5.95. The molecule has 8 heteroatoms. The fraction of sp³-hybridized carbons (Fsp3) is 0.545. The number of halogens is 1. The van der Waals surface area contributed by atoms with Gasteiger partial charge in [0.15, 0.2) is 9.84 Å². The Labute approximate surface area is 184 Å². The third kappa shape index (κ3) is 6.32. The highest BCUT2D eigenvalue weighted by Crippen LogP contribution is 2.29. The maximum atomic E-state index is 11.5. The fourth-order valence-electron chi connectivity index (χ4n) is 3.77. The first-order valence-corrected chi connectivity index (χ1v) is 12.6. The van der Waals surface area contributed by atoms with Gasteiger partial charge in [-0.1, -0.05) is 25.4 Å². The molecule has 0 aliphatic carbocycles. The highest BCUT2D eigenvalue weighted by molar-refractivity contribution is 7.90. The first-order valence-electron chi connectivity index (χ1n) is 10.4. The maximum Gasteiger partial charge on any atom is 0.225 e. The minimum absolute atomic E-state index is 0.312. The van der Waals surface area contributed by atoms with Gasteiger partial charge in [0.05, 0.1) is 28.9 Å². The van der Waals surface area contributed by atoms with Crippen LogP contribution < -0.4 is 9.64 Å². The van der Waals surface area contributed by atoms with Gasteiger partial charge in [0.25, 0.3) is 0 Å². The number of nitrogens with zero attached hydrogens (tertiary/aromatic N) is 3. The van der Waals surface area contributed by atoms with Crippen molar-refractivity contribution in [1.82, 2.24) is 9.97 Å². The SMILES string of the molecule is C[C@@H](COc1ccc(S(C)(=O)=O)cc1)[C@@H](C)CC1CCN(c2ncc(Cl)cn2)CC1. The van der Waals surface area contributed by atoms with Crippen molar-refractivity contribution in [2.45, 2.75) is 38.0 Å². The van der Waals surface area contributed by atoms with Crippen molar-refractivity contribution in [3.8, 4) is 5.75 Å². The van der Waals surface area contributed by atoms with Crippen molar-refractivity contribution < 1.29 is 13.2 Å². The van der Waals surface area contributed by atoms with Crippen molar-refractivity contribution in [3.63, 3.8) is 0 Å². The Morgan fingerprint density at radius 3 is 2.27 bits per heavy atom. The monoisotopic (exact) mass is 451 g/mol. The van der Waals surface area contributed by atoms with Crippen molar-refractivity contribution in [3.05, 3.63) is 41.7 Å². The number of ether oxygens (including phenoxy) is 1. The van der Waals surface area contributed by atoms with E-state index in [0.717, 1.165) is 31.9 Å². The van der Waals surface area contributed by atoms with Gasteiger partial charge in [-0.3, -0.25) is 0 Å². The molecule has 164 valence electrons. The summed E-state index contributed by atoms with van der Waals surface area (Å²) in [4.78, 5) is 11.2. The molecule has 2 aromatic rings. The molecule has 0 bridgehead atoms. The summed E-state index contributed by atoms with van der Waals surface area (Å²) in [6.07, 6.45) is 7.95. The number of sulfone groups is 1. The number of anilines is 1. The molecule has 0 amide bonds. The zero-order valence-electron chi connectivity index (χ0n) is 17.8. The molecule has 0 radical (unpaired) electrons. The summed E-state index contributed by atoms with van der Waals surface area (Å²) in [6, 6.07) is 6.64. The van der Waals surface area contributed by atoms with E-state index in [0.29, 0.717) is 40.0 Å². The van der Waals surface area contributed by atoms with Crippen molar-refractivity contribution >= 4 is 27.4 Å². The van der Waals surface area contributed by atoms with Crippen LogP contribution in [0.2, 0.25) is 5.02 Å². The number of piperidine rings is 1. The first kappa shape index (κ1) is 22.8. The van der Waals surface area contributed by atoms with Crippen LogP contribution in [-0.4, -0.2) is 44.3 Å². The normalized spacial score (nSPS) is 17.5. The van der Waals surface area contributed by atoms with E-state index in [2.05, 4.69) is 28.7 Å². The predicted octanol–water partition coefficient (Wildman–Crippen LogP) is 4.49. The van der Waals surface area contributed by atoms with Gasteiger partial charge in [-0.25, -0.2) is 18.4 Å². The molecule has 0 unspecified atom stereocenters. The Kier molecular flexibility index (Phi) is 7.58. The van der Waals surface area contributed by atoms with E-state index < -0.39 is 9.84 Å². The molecule has 1 aliphatic heterocycles. The molecule has 6 nitrogen and oxygen atoms in total. The molecule has 0 saturated carbocycles. The summed E-state index contributed by atoms with van der Waals surface area (Å²) in [5, 5.41) is 0.560. The summed E-state index contributed by atoms with van der Waals surface area (Å²) < 4.78 is 29.0. The topological polar surface area (TPSA) is 72.4 Å². The number of aromatic nitrogens is 2. The lowest BCUT2D eigenvalue weighted by Crippen LogP contribution is -2.35. The average molecular weight is 452 g/mol. The Hall–Kier alpha value is -1.86. The number of rotatable bonds is 8. The Morgan fingerprint density at radius 1 is 1.10 bits per heavy atom. The molecule has 3 rings (SSSR count). The van der Waals surface area contributed by atoms with Crippen LogP contribution in [0.3, 0.4) is 0 Å². The van der Waals surface area contributed by atoms with Gasteiger partial charge in [-0.2, -0.15) is 0 Å². The molecule has 1 fully saturated rings. The first-order chi connectivity index (χ1) is 14.2. The summed E-state index contributed by atoms with van der Waals surface area (Å²) >= 11 is 5.87. The second-order valence-electron chi connectivity index (χ2n) is 8.38. The van der Waals surface area contributed by atoms with E-state index >= 15 is 0 Å². The molecular formula is C22H30ClN3O3S. The van der Waals surface area contributed by atoms with Crippen LogP contribution in [0.4, 0.5) is 5.95 Å². The molecule has 1 saturated heterocycles. The molecule has 1 aromatic heterocycles. The molecule has 0 spiro atoms. The highest BCUT2D eigenvalue weighted by atomic mass is 35.5. The number of hydrogen-bond donors (Lipinski definition) is 0. The smallest absolute Gasteiger partial charge is 0.225 e. The molecular weight excluding hydrogens is 422 g/mol. The largest absolute Gasteiger partial charge is 0.493 e. The lowest BCUT2D eigenvalue weighted by atomic mass is 9.83. The standard InChI is InChI=1S/C22H30ClN3O3S/c1-16(17(2)15-29-20-4-6-21(7-5-20)30(3,27)28)12-18-8-10-26(11-9-18)22-24-13-19(23)14-25-22/h4-7,13-14,16-18H,8-12,15H2,1-3H3/t16-,17-/m0/s1. The minimum atomic E-state index is -3.18. The zero-order valence-corrected chi connectivity index (χ0v) is 19.4. The van der Waals surface area contributed by atoms with E-state index in [1.165, 1.54) is 12.7 Å². The second kappa shape index (κ2) is 9.96. The zero-order chi connectivity index (χ0) is 21.7. The fourth-order valence-corrected chi connectivity index (χ4v) is 4.50. The van der Waals surface area contributed by atoms with Crippen LogP contribution in [-0.2, 0) is 9.84 Å². The summed E-state index contributed by atoms with van der Waals surface area (Å²) in [6.45, 7) is 7.06. The summed E-state index contributed by atoms with van der Waals surface area (Å²) in [7, 11) is -3.18. The van der Waals surface area contributed by atoms with Gasteiger partial charge >= 0.3 is 0 Å².